The molecule has 0 nitrogen and oxygen atoms in total. The van der Waals surface area contributed by atoms with Gasteiger partial charge in [-0.1, -0.05) is 199 Å². The predicted octanol–water partition coefficient (Wildman–Crippen LogP) is 13.7. The van der Waals surface area contributed by atoms with Crippen LogP contribution in [0, 0.1) is 0 Å². The second kappa shape index (κ2) is 33.7. The van der Waals surface area contributed by atoms with E-state index in [0.29, 0.717) is 0 Å². The Kier molecular flexibility index (Phi) is 33.5. The monoisotopic (exact) mass is 491 g/mol. The molecule has 0 saturated heterocycles. The molecule has 0 rings (SSSR count). The van der Waals surface area contributed by atoms with E-state index in [1.165, 1.54) is 199 Å². The molecule has 0 unspecified atom stereocenters. The summed E-state index contributed by atoms with van der Waals surface area (Å²) in [7, 11) is 0. The Morgan fingerprint density at radius 1 is 0.229 bits per heavy atom. The fourth-order valence-corrected chi connectivity index (χ4v) is 5.33. The molecule has 0 heteroatoms. The van der Waals surface area contributed by atoms with Crippen LogP contribution in [0.15, 0.2) is 12.2 Å². The summed E-state index contributed by atoms with van der Waals surface area (Å²) in [5.74, 6) is 0. The van der Waals surface area contributed by atoms with E-state index >= 15 is 0 Å². The highest BCUT2D eigenvalue weighted by Gasteiger charge is 1.95. The minimum absolute atomic E-state index is 1.32. The summed E-state index contributed by atoms with van der Waals surface area (Å²) in [6, 6.07) is 0. The molecule has 0 aromatic rings. The molecule has 0 spiro atoms. The second-order valence-corrected chi connectivity index (χ2v) is 11.6. The van der Waals surface area contributed by atoms with Crippen molar-refractivity contribution in [2.24, 2.45) is 0 Å². The van der Waals surface area contributed by atoms with Crippen molar-refractivity contribution < 1.29 is 0 Å². The summed E-state index contributed by atoms with van der Waals surface area (Å²) >= 11 is 0. The summed E-state index contributed by atoms with van der Waals surface area (Å²) in [4.78, 5) is 0. The number of unbranched alkanes of at least 4 members (excludes halogenated alkanes) is 29. The van der Waals surface area contributed by atoms with Gasteiger partial charge in [0.05, 0.1) is 0 Å². The standard InChI is InChI=1S/C35H70/c1-3-5-7-9-11-13-15-17-19-21-23-25-27-29-31-33-35-34-32-30-28-26-24-22-20-18-16-14-12-10-8-6-4-2/h31,33H,3-30,32,34-35H2,1-2H3. The molecule has 0 aromatic heterocycles. The van der Waals surface area contributed by atoms with Gasteiger partial charge >= 0.3 is 0 Å². The van der Waals surface area contributed by atoms with Crippen LogP contribution in [0.2, 0.25) is 0 Å². The minimum atomic E-state index is 1.32. The molecule has 0 amide bonds. The van der Waals surface area contributed by atoms with Crippen molar-refractivity contribution in [3.63, 3.8) is 0 Å². The number of hydrogen-bond acceptors (Lipinski definition) is 0. The quantitative estimate of drug-likeness (QED) is 0.0669. The van der Waals surface area contributed by atoms with Crippen LogP contribution < -0.4 is 0 Å². The van der Waals surface area contributed by atoms with Gasteiger partial charge in [0.25, 0.3) is 0 Å². The highest BCUT2D eigenvalue weighted by molar-refractivity contribution is 4.81. The zero-order valence-corrected chi connectivity index (χ0v) is 25.1. The van der Waals surface area contributed by atoms with E-state index in [9.17, 15) is 0 Å². The fourth-order valence-electron chi connectivity index (χ4n) is 5.33. The van der Waals surface area contributed by atoms with E-state index in [1.54, 1.807) is 0 Å². The zero-order valence-electron chi connectivity index (χ0n) is 25.1. The van der Waals surface area contributed by atoms with E-state index in [-0.39, 0.29) is 0 Å². The topological polar surface area (TPSA) is 0 Å². The summed E-state index contributed by atoms with van der Waals surface area (Å²) in [5.41, 5.74) is 0. The lowest BCUT2D eigenvalue weighted by atomic mass is 10.0. The lowest BCUT2D eigenvalue weighted by Crippen LogP contribution is -1.83. The van der Waals surface area contributed by atoms with Gasteiger partial charge in [-0.05, 0) is 25.7 Å². The molecular formula is C35H70. The lowest BCUT2D eigenvalue weighted by molar-refractivity contribution is 0.530. The van der Waals surface area contributed by atoms with Crippen LogP contribution in [0.3, 0.4) is 0 Å². The molecule has 210 valence electrons. The smallest absolute Gasteiger partial charge is 0.0351 e. The molecule has 0 fully saturated rings. The number of hydrogen-bond donors (Lipinski definition) is 0. The summed E-state index contributed by atoms with van der Waals surface area (Å²) in [6.07, 6.45) is 49.9. The third-order valence-corrected chi connectivity index (χ3v) is 7.87. The van der Waals surface area contributed by atoms with Crippen LogP contribution in [0.25, 0.3) is 0 Å². The van der Waals surface area contributed by atoms with Gasteiger partial charge in [0.1, 0.15) is 0 Å². The van der Waals surface area contributed by atoms with Crippen molar-refractivity contribution >= 4 is 0 Å². The normalized spacial score (nSPS) is 11.7. The molecule has 0 aliphatic heterocycles. The van der Waals surface area contributed by atoms with E-state index in [2.05, 4.69) is 26.0 Å². The summed E-state index contributed by atoms with van der Waals surface area (Å²) in [5, 5.41) is 0. The van der Waals surface area contributed by atoms with Gasteiger partial charge in [0, 0.05) is 0 Å². The van der Waals surface area contributed by atoms with Gasteiger partial charge in [-0.25, -0.2) is 0 Å². The van der Waals surface area contributed by atoms with Crippen LogP contribution in [0.5, 0.6) is 0 Å². The maximum Gasteiger partial charge on any atom is -0.0351 e. The number of rotatable bonds is 31. The lowest BCUT2D eigenvalue weighted by Gasteiger charge is -2.03. The van der Waals surface area contributed by atoms with E-state index in [4.69, 9.17) is 0 Å². The highest BCUT2D eigenvalue weighted by Crippen LogP contribution is 2.15. The van der Waals surface area contributed by atoms with Gasteiger partial charge in [0.15, 0.2) is 0 Å². The van der Waals surface area contributed by atoms with Crippen molar-refractivity contribution in [3.05, 3.63) is 12.2 Å². The minimum Gasteiger partial charge on any atom is -0.0885 e. The molecule has 35 heavy (non-hydrogen) atoms. The van der Waals surface area contributed by atoms with Crippen molar-refractivity contribution in [3.8, 4) is 0 Å². The first-order chi connectivity index (χ1) is 17.4. The Bertz CT molecular complexity index is 368. The van der Waals surface area contributed by atoms with Gasteiger partial charge in [-0.3, -0.25) is 0 Å². The summed E-state index contributed by atoms with van der Waals surface area (Å²) < 4.78 is 0. The van der Waals surface area contributed by atoms with Crippen molar-refractivity contribution in [2.75, 3.05) is 0 Å². The molecule has 0 aromatic carbocycles. The maximum absolute atomic E-state index is 2.46. The van der Waals surface area contributed by atoms with Gasteiger partial charge in [-0.2, -0.15) is 0 Å². The van der Waals surface area contributed by atoms with Crippen LogP contribution >= 0.6 is 0 Å². The average molecular weight is 491 g/mol. The third-order valence-electron chi connectivity index (χ3n) is 7.87. The average Bonchev–Trinajstić information content (AvgIpc) is 2.87. The van der Waals surface area contributed by atoms with Gasteiger partial charge < -0.3 is 0 Å². The molecule has 0 atom stereocenters. The first-order valence-corrected chi connectivity index (χ1v) is 17.1. The van der Waals surface area contributed by atoms with Crippen LogP contribution in [0.4, 0.5) is 0 Å². The molecule has 0 saturated carbocycles. The second-order valence-electron chi connectivity index (χ2n) is 11.6. The van der Waals surface area contributed by atoms with E-state index in [1.807, 2.05) is 0 Å². The number of allylic oxidation sites excluding steroid dienone is 2. The molecule has 0 bridgehead atoms. The van der Waals surface area contributed by atoms with Gasteiger partial charge in [0.2, 0.25) is 0 Å². The molecule has 0 N–H and O–H groups in total. The van der Waals surface area contributed by atoms with E-state index < -0.39 is 0 Å². The van der Waals surface area contributed by atoms with Crippen LogP contribution in [-0.4, -0.2) is 0 Å². The summed E-state index contributed by atoms with van der Waals surface area (Å²) in [6.45, 7) is 4.61. The SMILES string of the molecule is CCCCCCCCCCCCCCCC=CCCCCCCCCCCCCCCCCCC. The third kappa shape index (κ3) is 33.7. The van der Waals surface area contributed by atoms with Crippen LogP contribution in [-0.2, 0) is 0 Å². The van der Waals surface area contributed by atoms with Gasteiger partial charge in [-0.15, -0.1) is 0 Å². The van der Waals surface area contributed by atoms with Crippen molar-refractivity contribution in [2.45, 2.75) is 213 Å². The maximum atomic E-state index is 2.46. The largest absolute Gasteiger partial charge is 0.0885 e. The fraction of sp³-hybridized carbons (Fsp3) is 0.943. The Labute approximate surface area is 224 Å². The highest BCUT2D eigenvalue weighted by atomic mass is 14.0. The van der Waals surface area contributed by atoms with Crippen molar-refractivity contribution in [1.29, 1.82) is 0 Å². The Morgan fingerprint density at radius 3 is 0.600 bits per heavy atom. The molecule has 0 heterocycles. The Hall–Kier alpha value is -0.260. The molecule has 0 radical (unpaired) electrons. The first kappa shape index (κ1) is 34.7. The predicted molar refractivity (Wildman–Crippen MR) is 164 cm³/mol. The molecule has 0 aliphatic carbocycles. The Balaban J connectivity index is 3.07. The van der Waals surface area contributed by atoms with E-state index in [0.717, 1.165) is 0 Å². The molecule has 0 aliphatic rings. The Morgan fingerprint density at radius 2 is 0.400 bits per heavy atom. The molecular weight excluding hydrogens is 420 g/mol. The zero-order chi connectivity index (χ0) is 25.3. The van der Waals surface area contributed by atoms with Crippen LogP contribution in [0.1, 0.15) is 213 Å². The first-order valence-electron chi connectivity index (χ1n) is 17.1. The van der Waals surface area contributed by atoms with Crippen molar-refractivity contribution in [1.82, 2.24) is 0 Å².